The second kappa shape index (κ2) is 7.12. The number of anilines is 2. The lowest BCUT2D eigenvalue weighted by Crippen LogP contribution is -2.23. The van der Waals surface area contributed by atoms with Crippen LogP contribution in [0.1, 0.15) is 10.4 Å². The highest BCUT2D eigenvalue weighted by Gasteiger charge is 2.16. The lowest BCUT2D eigenvalue weighted by atomic mass is 10.1. The molecule has 0 unspecified atom stereocenters. The van der Waals surface area contributed by atoms with E-state index in [0.29, 0.717) is 5.75 Å². The number of hydrogen-bond donors (Lipinski definition) is 3. The van der Waals surface area contributed by atoms with E-state index in [-0.39, 0.29) is 23.7 Å². The van der Waals surface area contributed by atoms with Gasteiger partial charge in [-0.2, -0.15) is 0 Å². The lowest BCUT2D eigenvalue weighted by Gasteiger charge is -2.13. The van der Waals surface area contributed by atoms with Crippen LogP contribution in [0.15, 0.2) is 48.5 Å². The van der Waals surface area contributed by atoms with Crippen molar-refractivity contribution in [3.63, 3.8) is 0 Å². The van der Waals surface area contributed by atoms with Gasteiger partial charge in [0.15, 0.2) is 0 Å². The van der Waals surface area contributed by atoms with Crippen molar-refractivity contribution in [2.75, 3.05) is 24.3 Å². The maximum Gasteiger partial charge on any atom is 0.337 e. The average Bonchev–Trinajstić information content (AvgIpc) is 2.54. The molecule has 0 saturated carbocycles. The zero-order chi connectivity index (χ0) is 15.9. The number of carboxylic acids is 1. The molecule has 6 nitrogen and oxygen atoms in total. The first kappa shape index (κ1) is 15.4. The molecule has 0 saturated heterocycles. The van der Waals surface area contributed by atoms with Crippen molar-refractivity contribution in [1.82, 2.24) is 0 Å². The molecule has 6 heteroatoms. The zero-order valence-corrected chi connectivity index (χ0v) is 12.0. The molecule has 0 aliphatic rings. The van der Waals surface area contributed by atoms with E-state index in [0.717, 1.165) is 5.69 Å². The number of aromatic carboxylic acids is 1. The smallest absolute Gasteiger partial charge is 0.337 e. The molecule has 114 valence electrons. The number of benzene rings is 2. The number of ether oxygens (including phenoxy) is 1. The van der Waals surface area contributed by atoms with Crippen LogP contribution in [0.5, 0.6) is 5.75 Å². The van der Waals surface area contributed by atoms with E-state index in [4.69, 9.17) is 4.74 Å². The summed E-state index contributed by atoms with van der Waals surface area (Å²) < 4.78 is 5.10. The van der Waals surface area contributed by atoms with Crippen molar-refractivity contribution < 1.29 is 19.4 Å². The van der Waals surface area contributed by atoms with Gasteiger partial charge in [-0.05, 0) is 24.3 Å². The van der Waals surface area contributed by atoms with E-state index < -0.39 is 5.97 Å². The highest BCUT2D eigenvalue weighted by Crippen LogP contribution is 2.28. The topological polar surface area (TPSA) is 87.7 Å². The monoisotopic (exact) mass is 300 g/mol. The van der Waals surface area contributed by atoms with Crippen LogP contribution >= 0.6 is 0 Å². The Morgan fingerprint density at radius 3 is 2.45 bits per heavy atom. The van der Waals surface area contributed by atoms with Crippen molar-refractivity contribution in [1.29, 1.82) is 0 Å². The Balaban J connectivity index is 2.09. The maximum atomic E-state index is 12.0. The standard InChI is InChI=1S/C16H16N2O4/c1-22-13-9-5-8-12(16(20)21)15(13)18-14(19)10-17-11-6-3-2-4-7-11/h2-9,17H,10H2,1H3,(H,18,19)(H,20,21). The summed E-state index contributed by atoms with van der Waals surface area (Å²) in [7, 11) is 1.42. The third-order valence-corrected chi connectivity index (χ3v) is 2.97. The molecule has 0 fully saturated rings. The van der Waals surface area contributed by atoms with Crippen LogP contribution in [0.3, 0.4) is 0 Å². The van der Waals surface area contributed by atoms with Crippen LogP contribution in [-0.4, -0.2) is 30.6 Å². The van der Waals surface area contributed by atoms with E-state index in [2.05, 4.69) is 10.6 Å². The Morgan fingerprint density at radius 1 is 1.09 bits per heavy atom. The summed E-state index contributed by atoms with van der Waals surface area (Å²) >= 11 is 0. The second-order valence-corrected chi connectivity index (χ2v) is 4.46. The van der Waals surface area contributed by atoms with Gasteiger partial charge in [0.05, 0.1) is 24.9 Å². The molecule has 0 atom stereocenters. The van der Waals surface area contributed by atoms with E-state index in [1.807, 2.05) is 30.3 Å². The Labute approximate surface area is 127 Å². The van der Waals surface area contributed by atoms with Gasteiger partial charge in [-0.15, -0.1) is 0 Å². The van der Waals surface area contributed by atoms with E-state index in [1.54, 1.807) is 12.1 Å². The summed E-state index contributed by atoms with van der Waals surface area (Å²) in [6.07, 6.45) is 0. The maximum absolute atomic E-state index is 12.0. The first-order valence-electron chi connectivity index (χ1n) is 6.61. The Bertz CT molecular complexity index is 671. The van der Waals surface area contributed by atoms with Crippen molar-refractivity contribution in [2.24, 2.45) is 0 Å². The highest BCUT2D eigenvalue weighted by atomic mass is 16.5. The van der Waals surface area contributed by atoms with Gasteiger partial charge in [-0.25, -0.2) is 4.79 Å². The fourth-order valence-corrected chi connectivity index (χ4v) is 1.93. The molecule has 3 N–H and O–H groups in total. The minimum Gasteiger partial charge on any atom is -0.495 e. The number of carboxylic acid groups (broad SMARTS) is 1. The van der Waals surface area contributed by atoms with Gasteiger partial charge in [-0.3, -0.25) is 4.79 Å². The molecular weight excluding hydrogens is 284 g/mol. The van der Waals surface area contributed by atoms with E-state index >= 15 is 0 Å². The summed E-state index contributed by atoms with van der Waals surface area (Å²) in [5.41, 5.74) is 0.931. The lowest BCUT2D eigenvalue weighted by molar-refractivity contribution is -0.114. The van der Waals surface area contributed by atoms with Crippen LogP contribution in [-0.2, 0) is 4.79 Å². The SMILES string of the molecule is COc1cccc(C(=O)O)c1NC(=O)CNc1ccccc1. The minimum atomic E-state index is -1.13. The molecular formula is C16H16N2O4. The fraction of sp³-hybridized carbons (Fsp3) is 0.125. The van der Waals surface area contributed by atoms with Crippen molar-refractivity contribution in [3.8, 4) is 5.75 Å². The first-order valence-corrected chi connectivity index (χ1v) is 6.61. The third kappa shape index (κ3) is 3.76. The molecule has 2 rings (SSSR count). The number of rotatable bonds is 6. The summed E-state index contributed by atoms with van der Waals surface area (Å²) in [6, 6.07) is 13.8. The number of hydrogen-bond acceptors (Lipinski definition) is 4. The summed E-state index contributed by atoms with van der Waals surface area (Å²) in [5.74, 6) is -1.20. The van der Waals surface area contributed by atoms with Gasteiger partial charge >= 0.3 is 5.97 Å². The fourth-order valence-electron chi connectivity index (χ4n) is 1.93. The molecule has 1 amide bonds. The summed E-state index contributed by atoms with van der Waals surface area (Å²) in [5, 5.41) is 14.7. The zero-order valence-electron chi connectivity index (χ0n) is 12.0. The van der Waals surface area contributed by atoms with Crippen LogP contribution in [0.25, 0.3) is 0 Å². The molecule has 0 heterocycles. The predicted octanol–water partition coefficient (Wildman–Crippen LogP) is 2.44. The molecule has 2 aromatic rings. The van der Waals surface area contributed by atoms with Gasteiger partial charge in [0.2, 0.25) is 5.91 Å². The molecule has 0 bridgehead atoms. The molecule has 0 aliphatic carbocycles. The molecule has 2 aromatic carbocycles. The normalized spacial score (nSPS) is 9.86. The van der Waals surface area contributed by atoms with Gasteiger partial charge < -0.3 is 20.5 Å². The molecule has 0 aromatic heterocycles. The predicted molar refractivity (Wildman–Crippen MR) is 83.5 cm³/mol. The van der Waals surface area contributed by atoms with E-state index in [9.17, 15) is 14.7 Å². The molecule has 0 spiro atoms. The summed E-state index contributed by atoms with van der Waals surface area (Å²) in [6.45, 7) is 0.0150. The van der Waals surface area contributed by atoms with Crippen molar-refractivity contribution >= 4 is 23.3 Å². The Morgan fingerprint density at radius 2 is 1.82 bits per heavy atom. The van der Waals surface area contributed by atoms with Gasteiger partial charge in [0.1, 0.15) is 5.75 Å². The second-order valence-electron chi connectivity index (χ2n) is 4.46. The Hall–Kier alpha value is -3.02. The van der Waals surface area contributed by atoms with Crippen LogP contribution in [0, 0.1) is 0 Å². The molecule has 0 aliphatic heterocycles. The largest absolute Gasteiger partial charge is 0.495 e. The van der Waals surface area contributed by atoms with Crippen LogP contribution < -0.4 is 15.4 Å². The third-order valence-electron chi connectivity index (χ3n) is 2.97. The van der Waals surface area contributed by atoms with Gasteiger partial charge in [0.25, 0.3) is 0 Å². The van der Waals surface area contributed by atoms with Crippen molar-refractivity contribution in [3.05, 3.63) is 54.1 Å². The van der Waals surface area contributed by atoms with E-state index in [1.165, 1.54) is 13.2 Å². The highest BCUT2D eigenvalue weighted by molar-refractivity contribution is 6.03. The summed E-state index contributed by atoms with van der Waals surface area (Å²) in [4.78, 5) is 23.2. The number of para-hydroxylation sites is 2. The quantitative estimate of drug-likeness (QED) is 0.762. The minimum absolute atomic E-state index is 0.0150. The van der Waals surface area contributed by atoms with Gasteiger partial charge in [-0.1, -0.05) is 24.3 Å². The number of carbonyl (C=O) groups is 2. The van der Waals surface area contributed by atoms with Crippen LogP contribution in [0.4, 0.5) is 11.4 Å². The van der Waals surface area contributed by atoms with Crippen molar-refractivity contribution in [2.45, 2.75) is 0 Å². The molecule has 0 radical (unpaired) electrons. The average molecular weight is 300 g/mol. The number of amides is 1. The Kier molecular flexibility index (Phi) is 4.98. The van der Waals surface area contributed by atoms with Gasteiger partial charge in [0, 0.05) is 5.69 Å². The first-order chi connectivity index (χ1) is 10.6. The number of methoxy groups -OCH3 is 1. The van der Waals surface area contributed by atoms with Crippen LogP contribution in [0.2, 0.25) is 0 Å². The number of nitrogens with one attached hydrogen (secondary N) is 2. The molecule has 22 heavy (non-hydrogen) atoms. The number of carbonyl (C=O) groups excluding carboxylic acids is 1.